The van der Waals surface area contributed by atoms with Gasteiger partial charge in [-0.15, -0.1) is 0 Å². The van der Waals surface area contributed by atoms with Gasteiger partial charge >= 0.3 is 0 Å². The monoisotopic (exact) mass is 553 g/mol. The van der Waals surface area contributed by atoms with E-state index in [9.17, 15) is 0 Å². The molecule has 1 aliphatic heterocycles. The van der Waals surface area contributed by atoms with Crippen LogP contribution in [-0.2, 0) is 0 Å². The number of para-hydroxylation sites is 3. The normalized spacial score (nSPS) is 18.0. The standard InChI is InChI=1S/C38H23N3O2/c1-5-14-30-22(8-1)25-18-20(16-17-32(25)42-30)21-10-7-11-24-26-19-27-23-9-2-6-15-31(23)43-37(27)33-34-38(41(35(21)24)36(26)33)40-29-13-4-3-12-28(29)39-34/h1-19,28-29,39-40H. The van der Waals surface area contributed by atoms with Gasteiger partial charge in [0.05, 0.1) is 34.2 Å². The highest BCUT2D eigenvalue weighted by atomic mass is 16.3. The van der Waals surface area contributed by atoms with Gasteiger partial charge in [0, 0.05) is 37.9 Å². The lowest BCUT2D eigenvalue weighted by atomic mass is 9.97. The summed E-state index contributed by atoms with van der Waals surface area (Å²) in [5.41, 5.74) is 9.47. The molecular formula is C38H23N3O2. The van der Waals surface area contributed by atoms with Crippen molar-refractivity contribution in [1.82, 2.24) is 4.40 Å². The Labute approximate surface area is 244 Å². The average molecular weight is 554 g/mol. The molecule has 1 aliphatic carbocycles. The second kappa shape index (κ2) is 7.58. The minimum atomic E-state index is 0.150. The molecule has 2 N–H and O–H groups in total. The van der Waals surface area contributed by atoms with E-state index < -0.39 is 0 Å². The van der Waals surface area contributed by atoms with E-state index in [1.54, 1.807) is 0 Å². The van der Waals surface area contributed by atoms with E-state index in [1.165, 1.54) is 27.4 Å². The van der Waals surface area contributed by atoms with Gasteiger partial charge in [0.1, 0.15) is 28.1 Å². The van der Waals surface area contributed by atoms with E-state index in [2.05, 4.69) is 112 Å². The fourth-order valence-electron chi connectivity index (χ4n) is 7.70. The van der Waals surface area contributed by atoms with Gasteiger partial charge in [0.15, 0.2) is 0 Å². The van der Waals surface area contributed by atoms with Gasteiger partial charge in [-0.3, -0.25) is 4.40 Å². The third kappa shape index (κ3) is 2.68. The third-order valence-corrected chi connectivity index (χ3v) is 9.56. The lowest BCUT2D eigenvalue weighted by Gasteiger charge is -2.33. The van der Waals surface area contributed by atoms with Gasteiger partial charge in [-0.05, 0) is 35.9 Å². The Morgan fingerprint density at radius 2 is 1.28 bits per heavy atom. The Bertz CT molecular complexity index is 2700. The predicted octanol–water partition coefficient (Wildman–Crippen LogP) is 9.85. The maximum absolute atomic E-state index is 6.63. The first-order valence-electron chi connectivity index (χ1n) is 14.8. The molecule has 202 valence electrons. The molecule has 4 aromatic heterocycles. The largest absolute Gasteiger partial charge is 0.456 e. The van der Waals surface area contributed by atoms with Crippen LogP contribution in [-0.4, -0.2) is 16.5 Å². The van der Waals surface area contributed by atoms with Crippen LogP contribution in [0.3, 0.4) is 0 Å². The Morgan fingerprint density at radius 3 is 2.14 bits per heavy atom. The molecule has 9 aromatic rings. The number of hydrogen-bond acceptors (Lipinski definition) is 4. The number of rotatable bonds is 1. The van der Waals surface area contributed by atoms with Crippen LogP contribution in [0, 0.1) is 0 Å². The molecular weight excluding hydrogens is 530 g/mol. The molecule has 5 heteroatoms. The van der Waals surface area contributed by atoms with Crippen molar-refractivity contribution in [3.8, 4) is 11.1 Å². The minimum absolute atomic E-state index is 0.150. The van der Waals surface area contributed by atoms with E-state index in [1.807, 2.05) is 18.2 Å². The summed E-state index contributed by atoms with van der Waals surface area (Å²) < 4.78 is 15.2. The number of anilines is 2. The highest BCUT2D eigenvalue weighted by Gasteiger charge is 2.34. The highest BCUT2D eigenvalue weighted by Crippen LogP contribution is 2.51. The molecule has 5 heterocycles. The van der Waals surface area contributed by atoms with Gasteiger partial charge in [0.25, 0.3) is 0 Å². The van der Waals surface area contributed by atoms with Crippen molar-refractivity contribution in [1.29, 1.82) is 0 Å². The molecule has 5 aromatic carbocycles. The van der Waals surface area contributed by atoms with Crippen molar-refractivity contribution in [2.24, 2.45) is 0 Å². The van der Waals surface area contributed by atoms with Crippen LogP contribution in [0.1, 0.15) is 0 Å². The van der Waals surface area contributed by atoms with E-state index in [4.69, 9.17) is 8.83 Å². The lowest BCUT2D eigenvalue weighted by molar-refractivity contribution is 0.669. The number of furan rings is 2. The summed E-state index contributed by atoms with van der Waals surface area (Å²) >= 11 is 0. The molecule has 0 saturated carbocycles. The summed E-state index contributed by atoms with van der Waals surface area (Å²) in [5, 5.41) is 16.0. The Morgan fingerprint density at radius 1 is 0.558 bits per heavy atom. The molecule has 0 radical (unpaired) electrons. The van der Waals surface area contributed by atoms with Crippen LogP contribution in [0.5, 0.6) is 0 Å². The zero-order chi connectivity index (χ0) is 27.8. The Balaban J connectivity index is 1.31. The van der Waals surface area contributed by atoms with Crippen molar-refractivity contribution in [3.05, 3.63) is 115 Å². The van der Waals surface area contributed by atoms with Crippen LogP contribution >= 0.6 is 0 Å². The van der Waals surface area contributed by atoms with Crippen molar-refractivity contribution in [2.75, 3.05) is 10.6 Å². The Hall–Kier alpha value is -5.68. The molecule has 0 amide bonds. The summed E-state index contributed by atoms with van der Waals surface area (Å²) in [4.78, 5) is 0. The second-order valence-corrected chi connectivity index (χ2v) is 11.8. The van der Waals surface area contributed by atoms with E-state index in [-0.39, 0.29) is 12.1 Å². The third-order valence-electron chi connectivity index (χ3n) is 9.56. The first-order chi connectivity index (χ1) is 21.3. The van der Waals surface area contributed by atoms with Gasteiger partial charge in [-0.2, -0.15) is 0 Å². The lowest BCUT2D eigenvalue weighted by Crippen LogP contribution is -2.41. The quantitative estimate of drug-likeness (QED) is 0.212. The van der Waals surface area contributed by atoms with Gasteiger partial charge in [-0.25, -0.2) is 0 Å². The number of nitrogens with zero attached hydrogens (tertiary/aromatic N) is 1. The summed E-state index contributed by atoms with van der Waals surface area (Å²) in [5.74, 6) is 1.08. The molecule has 2 aliphatic rings. The SMILES string of the molecule is C1=CC2Nc3c(n4c5c(-c6ccc7oc8ccccc8c7c6)cccc5c5cc6c7ccccc7oc6c3c54)NC2C=C1. The fourth-order valence-corrected chi connectivity index (χ4v) is 7.70. The molecule has 11 rings (SSSR count). The van der Waals surface area contributed by atoms with Crippen molar-refractivity contribution in [3.63, 3.8) is 0 Å². The summed E-state index contributed by atoms with van der Waals surface area (Å²) in [6.07, 6.45) is 8.72. The van der Waals surface area contributed by atoms with Crippen molar-refractivity contribution < 1.29 is 8.83 Å². The number of hydrogen-bond donors (Lipinski definition) is 2. The van der Waals surface area contributed by atoms with Crippen LogP contribution in [0.15, 0.2) is 124 Å². The van der Waals surface area contributed by atoms with Crippen molar-refractivity contribution in [2.45, 2.75) is 12.1 Å². The maximum atomic E-state index is 6.63. The van der Waals surface area contributed by atoms with E-state index >= 15 is 0 Å². The zero-order valence-corrected chi connectivity index (χ0v) is 22.9. The second-order valence-electron chi connectivity index (χ2n) is 11.8. The first-order valence-corrected chi connectivity index (χ1v) is 14.8. The van der Waals surface area contributed by atoms with Crippen LogP contribution < -0.4 is 10.6 Å². The molecule has 0 bridgehead atoms. The molecule has 5 nitrogen and oxygen atoms in total. The van der Waals surface area contributed by atoms with Crippen LogP contribution in [0.25, 0.3) is 82.2 Å². The number of allylic oxidation sites excluding steroid dienone is 2. The highest BCUT2D eigenvalue weighted by molar-refractivity contribution is 6.31. The zero-order valence-electron chi connectivity index (χ0n) is 22.9. The van der Waals surface area contributed by atoms with Gasteiger partial charge in [-0.1, -0.05) is 85.0 Å². The topological polar surface area (TPSA) is 54.8 Å². The number of benzene rings is 5. The van der Waals surface area contributed by atoms with Crippen LogP contribution in [0.4, 0.5) is 11.5 Å². The smallest absolute Gasteiger partial charge is 0.147 e. The van der Waals surface area contributed by atoms with E-state index in [0.29, 0.717) is 0 Å². The number of aromatic nitrogens is 1. The molecule has 2 unspecified atom stereocenters. The van der Waals surface area contributed by atoms with Crippen molar-refractivity contribution >= 4 is 82.6 Å². The number of nitrogens with one attached hydrogen (secondary N) is 2. The summed E-state index contributed by atoms with van der Waals surface area (Å²) in [6, 6.07) is 32.5. The predicted molar refractivity (Wildman–Crippen MR) is 177 cm³/mol. The average Bonchev–Trinajstić information content (AvgIpc) is 3.79. The van der Waals surface area contributed by atoms with Gasteiger partial charge < -0.3 is 19.5 Å². The molecule has 0 saturated heterocycles. The van der Waals surface area contributed by atoms with Crippen LogP contribution in [0.2, 0.25) is 0 Å². The first kappa shape index (κ1) is 22.0. The molecule has 2 atom stereocenters. The maximum Gasteiger partial charge on any atom is 0.147 e. The Kier molecular flexibility index (Phi) is 3.88. The minimum Gasteiger partial charge on any atom is -0.456 e. The van der Waals surface area contributed by atoms with Gasteiger partial charge in [0.2, 0.25) is 0 Å². The van der Waals surface area contributed by atoms with E-state index in [0.717, 1.165) is 66.3 Å². The molecule has 43 heavy (non-hydrogen) atoms. The summed E-state index contributed by atoms with van der Waals surface area (Å²) in [7, 11) is 0. The number of fused-ring (bicyclic) bond motifs is 14. The molecule has 0 fully saturated rings. The molecule has 0 spiro atoms. The summed E-state index contributed by atoms with van der Waals surface area (Å²) in [6.45, 7) is 0. The fraction of sp³-hybridized carbons (Fsp3) is 0.0526.